The first kappa shape index (κ1) is 21.2. The molecule has 0 saturated heterocycles. The number of carbonyl (C=O) groups is 1. The second kappa shape index (κ2) is 8.72. The van der Waals surface area contributed by atoms with Crippen LogP contribution in [-0.4, -0.2) is 16.7 Å². The topological polar surface area (TPSA) is 64.4 Å². The van der Waals surface area contributed by atoms with E-state index in [9.17, 15) is 15.3 Å². The van der Waals surface area contributed by atoms with Gasteiger partial charge < -0.3 is 5.11 Å². The van der Waals surface area contributed by atoms with Crippen molar-refractivity contribution in [3.63, 3.8) is 0 Å². The van der Waals surface area contributed by atoms with Gasteiger partial charge in [0.1, 0.15) is 11.6 Å². The van der Waals surface area contributed by atoms with Gasteiger partial charge in [0.05, 0.1) is 0 Å². The third kappa shape index (κ3) is 3.77. The van der Waals surface area contributed by atoms with E-state index in [1.165, 1.54) is 0 Å². The summed E-state index contributed by atoms with van der Waals surface area (Å²) in [5.41, 5.74) is 4.17. The van der Waals surface area contributed by atoms with Crippen molar-refractivity contribution >= 4 is 34.7 Å². The van der Waals surface area contributed by atoms with E-state index in [1.807, 2.05) is 72.8 Å². The molecule has 2 N–H and O–H groups in total. The Balaban J connectivity index is 1.82. The predicted octanol–water partition coefficient (Wildman–Crippen LogP) is 6.90. The highest BCUT2D eigenvalue weighted by molar-refractivity contribution is 6.30. The van der Waals surface area contributed by atoms with Gasteiger partial charge in [-0.1, -0.05) is 72.3 Å². The monoisotopic (exact) mass is 454 g/mol. The number of ketones is 1. The minimum atomic E-state index is -0.509. The molecule has 5 rings (SSSR count). The Kier molecular flexibility index (Phi) is 5.61. The van der Waals surface area contributed by atoms with Gasteiger partial charge in [-0.2, -0.15) is 0 Å². The van der Waals surface area contributed by atoms with Crippen LogP contribution in [0.2, 0.25) is 5.02 Å². The van der Waals surface area contributed by atoms with E-state index in [0.717, 1.165) is 23.4 Å². The predicted molar refractivity (Wildman–Crippen MR) is 133 cm³/mol. The van der Waals surface area contributed by atoms with E-state index in [1.54, 1.807) is 17.0 Å². The molecule has 3 aromatic carbocycles. The zero-order valence-electron chi connectivity index (χ0n) is 18.0. The second-order valence-corrected chi connectivity index (χ2v) is 8.71. The van der Waals surface area contributed by atoms with E-state index >= 15 is 0 Å². The molecular weight excluding hydrogens is 432 g/mol. The molecule has 0 spiro atoms. The van der Waals surface area contributed by atoms with Gasteiger partial charge in [0, 0.05) is 45.5 Å². The van der Waals surface area contributed by atoms with E-state index in [-0.39, 0.29) is 17.4 Å². The van der Waals surface area contributed by atoms with Gasteiger partial charge in [0.2, 0.25) is 0 Å². The van der Waals surface area contributed by atoms with Crippen LogP contribution >= 0.6 is 11.6 Å². The number of carbonyl (C=O) groups excluding carboxylic acids is 1. The SMILES string of the molecule is N=C1C(=C(O)c2ccccc2)C(c2ccccc2)C2=C(CCCC2=O)N1c1ccc(Cl)cc1. The summed E-state index contributed by atoms with van der Waals surface area (Å²) < 4.78 is 0. The van der Waals surface area contributed by atoms with Crippen LogP contribution in [-0.2, 0) is 4.79 Å². The number of anilines is 1. The van der Waals surface area contributed by atoms with Crippen LogP contribution in [0.25, 0.3) is 5.76 Å². The lowest BCUT2D eigenvalue weighted by molar-refractivity contribution is -0.116. The van der Waals surface area contributed by atoms with Gasteiger partial charge in [-0.05, 0) is 42.7 Å². The van der Waals surface area contributed by atoms with Crippen LogP contribution < -0.4 is 4.90 Å². The number of nitrogens with zero attached hydrogens (tertiary/aromatic N) is 1. The van der Waals surface area contributed by atoms with Crippen LogP contribution in [0.5, 0.6) is 0 Å². The first-order valence-corrected chi connectivity index (χ1v) is 11.4. The van der Waals surface area contributed by atoms with E-state index in [4.69, 9.17) is 11.6 Å². The lowest BCUT2D eigenvalue weighted by Crippen LogP contribution is -2.42. The lowest BCUT2D eigenvalue weighted by Gasteiger charge is -2.41. The van der Waals surface area contributed by atoms with Crippen molar-refractivity contribution in [1.82, 2.24) is 0 Å². The van der Waals surface area contributed by atoms with Crippen molar-refractivity contribution in [2.45, 2.75) is 25.2 Å². The van der Waals surface area contributed by atoms with Crippen molar-refractivity contribution in [1.29, 1.82) is 5.41 Å². The molecule has 0 fully saturated rings. The summed E-state index contributed by atoms with van der Waals surface area (Å²) in [6.45, 7) is 0. The van der Waals surface area contributed by atoms with Crippen molar-refractivity contribution in [2.24, 2.45) is 0 Å². The van der Waals surface area contributed by atoms with E-state index < -0.39 is 5.92 Å². The minimum Gasteiger partial charge on any atom is -0.507 e. The van der Waals surface area contributed by atoms with Gasteiger partial charge in [0.25, 0.3) is 0 Å². The highest BCUT2D eigenvalue weighted by atomic mass is 35.5. The Bertz CT molecular complexity index is 1280. The number of hydrogen-bond donors (Lipinski definition) is 2. The number of hydrogen-bond acceptors (Lipinski definition) is 3. The van der Waals surface area contributed by atoms with Gasteiger partial charge in [-0.15, -0.1) is 0 Å². The fourth-order valence-corrected chi connectivity index (χ4v) is 4.92. The Morgan fingerprint density at radius 1 is 0.909 bits per heavy atom. The summed E-state index contributed by atoms with van der Waals surface area (Å²) in [5, 5.41) is 21.4. The molecule has 0 bridgehead atoms. The van der Waals surface area contributed by atoms with Crippen molar-refractivity contribution in [3.05, 3.63) is 118 Å². The number of allylic oxidation sites excluding steroid dienone is 2. The Hall–Kier alpha value is -3.63. The summed E-state index contributed by atoms with van der Waals surface area (Å²) in [6.07, 6.45) is 1.89. The smallest absolute Gasteiger partial charge is 0.161 e. The molecule has 1 aliphatic carbocycles. The highest BCUT2D eigenvalue weighted by Gasteiger charge is 2.43. The second-order valence-electron chi connectivity index (χ2n) is 8.27. The molecule has 1 aliphatic heterocycles. The molecule has 5 heteroatoms. The standard InChI is InChI=1S/C28H23ClN2O2/c29-20-14-16-21(17-15-20)31-22-12-7-13-23(32)25(22)24(18-8-3-1-4-9-18)26(28(31)30)27(33)19-10-5-2-6-11-19/h1-6,8-11,14-17,24,30,33H,7,12-13H2. The number of aliphatic hydroxyl groups is 1. The fraction of sp³-hybridized carbons (Fsp3) is 0.143. The first-order valence-electron chi connectivity index (χ1n) is 11.0. The number of nitrogens with one attached hydrogen (secondary N) is 1. The van der Waals surface area contributed by atoms with Gasteiger partial charge in [0.15, 0.2) is 5.78 Å². The number of halogens is 1. The van der Waals surface area contributed by atoms with Crippen LogP contribution in [0.4, 0.5) is 5.69 Å². The molecule has 0 amide bonds. The first-order chi connectivity index (χ1) is 16.1. The molecule has 1 unspecified atom stereocenters. The molecule has 33 heavy (non-hydrogen) atoms. The lowest BCUT2D eigenvalue weighted by atomic mass is 9.73. The van der Waals surface area contributed by atoms with Crippen molar-refractivity contribution in [2.75, 3.05) is 4.90 Å². The van der Waals surface area contributed by atoms with Gasteiger partial charge >= 0.3 is 0 Å². The Morgan fingerprint density at radius 3 is 2.21 bits per heavy atom. The molecule has 0 aromatic heterocycles. The summed E-state index contributed by atoms with van der Waals surface area (Å²) in [6, 6.07) is 26.2. The summed E-state index contributed by atoms with van der Waals surface area (Å²) >= 11 is 6.12. The van der Waals surface area contributed by atoms with Crippen LogP contribution in [0, 0.1) is 5.41 Å². The zero-order valence-corrected chi connectivity index (χ0v) is 18.7. The Morgan fingerprint density at radius 2 is 1.55 bits per heavy atom. The quantitative estimate of drug-likeness (QED) is 0.423. The number of aliphatic hydroxyl groups excluding tert-OH is 1. The normalized spacial score (nSPS) is 20.0. The summed E-state index contributed by atoms with van der Waals surface area (Å²) in [5.74, 6) is -0.264. The molecule has 2 aliphatic rings. The summed E-state index contributed by atoms with van der Waals surface area (Å²) in [7, 11) is 0. The fourth-order valence-electron chi connectivity index (χ4n) is 4.80. The van der Waals surface area contributed by atoms with Crippen molar-refractivity contribution < 1.29 is 9.90 Å². The third-order valence-electron chi connectivity index (χ3n) is 6.27. The number of Topliss-reactive ketones (excluding diaryl/α,β-unsaturated/α-hetero) is 1. The maximum atomic E-state index is 13.4. The molecule has 3 aromatic rings. The molecule has 0 saturated carbocycles. The molecule has 0 radical (unpaired) electrons. The molecule has 164 valence electrons. The van der Waals surface area contributed by atoms with E-state index in [2.05, 4.69) is 0 Å². The van der Waals surface area contributed by atoms with Crippen LogP contribution in [0.1, 0.15) is 36.3 Å². The maximum Gasteiger partial charge on any atom is 0.161 e. The minimum absolute atomic E-state index is 0.0124. The molecule has 4 nitrogen and oxygen atoms in total. The third-order valence-corrected chi connectivity index (χ3v) is 6.53. The average molecular weight is 455 g/mol. The van der Waals surface area contributed by atoms with E-state index in [0.29, 0.717) is 34.6 Å². The maximum absolute atomic E-state index is 13.4. The van der Waals surface area contributed by atoms with Gasteiger partial charge in [-0.3, -0.25) is 15.1 Å². The highest BCUT2D eigenvalue weighted by Crippen LogP contribution is 2.47. The molecular formula is C28H23ClN2O2. The number of amidine groups is 1. The average Bonchev–Trinajstić information content (AvgIpc) is 2.85. The summed E-state index contributed by atoms with van der Waals surface area (Å²) in [4.78, 5) is 15.2. The van der Waals surface area contributed by atoms with Crippen molar-refractivity contribution in [3.8, 4) is 0 Å². The molecule has 1 atom stereocenters. The zero-order chi connectivity index (χ0) is 22.9. The number of benzene rings is 3. The number of rotatable bonds is 3. The van der Waals surface area contributed by atoms with Gasteiger partial charge in [-0.25, -0.2) is 0 Å². The van der Waals surface area contributed by atoms with Crippen LogP contribution in [0.3, 0.4) is 0 Å². The van der Waals surface area contributed by atoms with Crippen LogP contribution in [0.15, 0.2) is 102 Å². The Labute approximate surface area is 198 Å². The largest absolute Gasteiger partial charge is 0.507 e. The molecule has 1 heterocycles.